The number of ether oxygens (including phenoxy) is 1. The molecule has 2 aromatic carbocycles. The Balaban J connectivity index is 1.75. The van der Waals surface area contributed by atoms with Crippen molar-refractivity contribution in [2.45, 2.75) is 13.3 Å². The molecule has 0 atom stereocenters. The molecule has 0 unspecified atom stereocenters. The molecule has 2 heterocycles. The number of rotatable bonds is 8. The summed E-state index contributed by atoms with van der Waals surface area (Å²) in [4.78, 5) is 25.6. The molecule has 174 valence electrons. The zero-order chi connectivity index (χ0) is 24.2. The lowest BCUT2D eigenvalue weighted by Crippen LogP contribution is -2.30. The standard InChI is InChI=1S/C24H20ClN3O4S2/c1-2-32-19-9-8-15(12-18(19)25)22-16(14-28(26-22)17-6-4-3-5-7-17)13-20-23(31)27(24(33)34-20)11-10-21(29)30/h3-9,12-14H,2,10-11H2,1H3,(H,29,30). The van der Waals surface area contributed by atoms with E-state index in [4.69, 9.17) is 38.8 Å². The molecular formula is C24H20ClN3O4S2. The van der Waals surface area contributed by atoms with Gasteiger partial charge in [-0.2, -0.15) is 5.10 Å². The molecule has 7 nitrogen and oxygen atoms in total. The number of amides is 1. The van der Waals surface area contributed by atoms with E-state index in [0.717, 1.165) is 23.0 Å². The van der Waals surface area contributed by atoms with E-state index in [9.17, 15) is 9.59 Å². The Morgan fingerprint density at radius 1 is 1.26 bits per heavy atom. The van der Waals surface area contributed by atoms with Gasteiger partial charge in [-0.1, -0.05) is 53.8 Å². The van der Waals surface area contributed by atoms with Crippen molar-refractivity contribution in [1.82, 2.24) is 14.7 Å². The Morgan fingerprint density at radius 2 is 2.03 bits per heavy atom. The number of aromatic nitrogens is 2. The monoisotopic (exact) mass is 513 g/mol. The van der Waals surface area contributed by atoms with Crippen LogP contribution in [-0.2, 0) is 9.59 Å². The van der Waals surface area contributed by atoms with Crippen molar-refractivity contribution >= 4 is 57.9 Å². The van der Waals surface area contributed by atoms with Gasteiger partial charge in [-0.25, -0.2) is 4.68 Å². The minimum atomic E-state index is -0.989. The number of hydrogen-bond acceptors (Lipinski definition) is 6. The third-order valence-corrected chi connectivity index (χ3v) is 6.65. The maximum Gasteiger partial charge on any atom is 0.305 e. The van der Waals surface area contributed by atoms with Gasteiger partial charge < -0.3 is 9.84 Å². The maximum absolute atomic E-state index is 12.9. The molecular weight excluding hydrogens is 494 g/mol. The van der Waals surface area contributed by atoms with Crippen molar-refractivity contribution in [2.75, 3.05) is 13.2 Å². The molecule has 1 saturated heterocycles. The van der Waals surface area contributed by atoms with Crippen LogP contribution >= 0.6 is 35.6 Å². The van der Waals surface area contributed by atoms with Crippen molar-refractivity contribution in [1.29, 1.82) is 0 Å². The van der Waals surface area contributed by atoms with E-state index in [2.05, 4.69) is 0 Å². The van der Waals surface area contributed by atoms with Gasteiger partial charge in [-0.15, -0.1) is 0 Å². The summed E-state index contributed by atoms with van der Waals surface area (Å²) in [7, 11) is 0. The minimum Gasteiger partial charge on any atom is -0.492 e. The Labute approximate surface area is 211 Å². The fourth-order valence-corrected chi connectivity index (χ4v) is 4.93. The normalized spacial score (nSPS) is 14.8. The van der Waals surface area contributed by atoms with E-state index in [1.54, 1.807) is 22.9 Å². The fourth-order valence-electron chi connectivity index (χ4n) is 3.39. The first kappa shape index (κ1) is 24.0. The molecule has 0 bridgehead atoms. The summed E-state index contributed by atoms with van der Waals surface area (Å²) in [6, 6.07) is 15.0. The van der Waals surface area contributed by atoms with Crippen molar-refractivity contribution < 1.29 is 19.4 Å². The van der Waals surface area contributed by atoms with Crippen LogP contribution in [0.2, 0.25) is 5.02 Å². The molecule has 0 aliphatic carbocycles. The lowest BCUT2D eigenvalue weighted by atomic mass is 10.1. The van der Waals surface area contributed by atoms with Crippen LogP contribution in [0.3, 0.4) is 0 Å². The number of carbonyl (C=O) groups is 2. The molecule has 4 rings (SSSR count). The predicted molar refractivity (Wildman–Crippen MR) is 137 cm³/mol. The van der Waals surface area contributed by atoms with Gasteiger partial charge in [0.25, 0.3) is 5.91 Å². The summed E-state index contributed by atoms with van der Waals surface area (Å²) in [6.45, 7) is 2.41. The summed E-state index contributed by atoms with van der Waals surface area (Å²) in [5.74, 6) is -0.729. The van der Waals surface area contributed by atoms with Crippen molar-refractivity contribution in [2.24, 2.45) is 0 Å². The van der Waals surface area contributed by atoms with Gasteiger partial charge in [0.05, 0.1) is 28.6 Å². The molecule has 3 aromatic rings. The smallest absolute Gasteiger partial charge is 0.305 e. The minimum absolute atomic E-state index is 0.0297. The molecule has 1 fully saturated rings. The van der Waals surface area contributed by atoms with Crippen LogP contribution in [0, 0.1) is 0 Å². The highest BCUT2D eigenvalue weighted by Gasteiger charge is 2.32. The molecule has 10 heteroatoms. The maximum atomic E-state index is 12.9. The van der Waals surface area contributed by atoms with Gasteiger partial charge in [0.2, 0.25) is 0 Å². The van der Waals surface area contributed by atoms with Crippen LogP contribution in [-0.4, -0.2) is 49.1 Å². The van der Waals surface area contributed by atoms with Gasteiger partial charge >= 0.3 is 5.97 Å². The van der Waals surface area contributed by atoms with E-state index in [-0.39, 0.29) is 18.9 Å². The van der Waals surface area contributed by atoms with Crippen LogP contribution in [0.25, 0.3) is 23.0 Å². The SMILES string of the molecule is CCOc1ccc(-c2nn(-c3ccccc3)cc2C=C2SC(=S)N(CCC(=O)O)C2=O)cc1Cl. The van der Waals surface area contributed by atoms with Crippen molar-refractivity contribution in [3.63, 3.8) is 0 Å². The molecule has 0 radical (unpaired) electrons. The number of carbonyl (C=O) groups excluding carboxylic acids is 1. The van der Waals surface area contributed by atoms with Gasteiger partial charge in [-0.3, -0.25) is 14.5 Å². The van der Waals surface area contributed by atoms with Crippen LogP contribution in [0.5, 0.6) is 5.75 Å². The van der Waals surface area contributed by atoms with Gasteiger partial charge in [0, 0.05) is 23.9 Å². The van der Waals surface area contributed by atoms with E-state index < -0.39 is 5.97 Å². The zero-order valence-electron chi connectivity index (χ0n) is 18.1. The van der Waals surface area contributed by atoms with Gasteiger partial charge in [0.1, 0.15) is 15.8 Å². The second-order valence-electron chi connectivity index (χ2n) is 7.27. The molecule has 1 N–H and O–H groups in total. The largest absolute Gasteiger partial charge is 0.492 e. The second kappa shape index (κ2) is 10.4. The molecule has 0 saturated carbocycles. The first-order valence-corrected chi connectivity index (χ1v) is 12.0. The number of carboxylic acid groups (broad SMARTS) is 1. The first-order valence-electron chi connectivity index (χ1n) is 10.4. The molecule has 34 heavy (non-hydrogen) atoms. The number of para-hydroxylation sites is 1. The predicted octanol–water partition coefficient (Wildman–Crippen LogP) is 5.27. The van der Waals surface area contributed by atoms with Crippen LogP contribution in [0.1, 0.15) is 18.9 Å². The highest BCUT2D eigenvalue weighted by Crippen LogP contribution is 2.36. The lowest BCUT2D eigenvalue weighted by molar-refractivity contribution is -0.137. The van der Waals surface area contributed by atoms with Crippen LogP contribution in [0.15, 0.2) is 59.6 Å². The molecule has 0 spiro atoms. The summed E-state index contributed by atoms with van der Waals surface area (Å²) >= 11 is 12.9. The Kier molecular flexibility index (Phi) is 7.35. The third kappa shape index (κ3) is 5.16. The van der Waals surface area contributed by atoms with Crippen LogP contribution in [0.4, 0.5) is 0 Å². The van der Waals surface area contributed by atoms with Crippen molar-refractivity contribution in [3.8, 4) is 22.7 Å². The summed E-state index contributed by atoms with van der Waals surface area (Å²) in [5.41, 5.74) is 2.94. The quantitative estimate of drug-likeness (QED) is 0.324. The number of hydrogen-bond donors (Lipinski definition) is 1. The van der Waals surface area contributed by atoms with Gasteiger partial charge in [-0.05, 0) is 43.3 Å². The number of nitrogens with zero attached hydrogens (tertiary/aromatic N) is 3. The molecule has 1 amide bonds. The Morgan fingerprint density at radius 3 is 2.71 bits per heavy atom. The van der Waals surface area contributed by atoms with E-state index in [1.165, 1.54) is 4.90 Å². The number of thiocarbonyl (C=S) groups is 1. The molecule has 1 aliphatic heterocycles. The summed E-state index contributed by atoms with van der Waals surface area (Å²) < 4.78 is 7.60. The molecule has 1 aromatic heterocycles. The summed E-state index contributed by atoms with van der Waals surface area (Å²) in [5, 5.41) is 14.2. The number of benzene rings is 2. The highest BCUT2D eigenvalue weighted by atomic mass is 35.5. The Hall–Kier alpha value is -3.14. The summed E-state index contributed by atoms with van der Waals surface area (Å²) in [6.07, 6.45) is 3.38. The highest BCUT2D eigenvalue weighted by molar-refractivity contribution is 8.26. The average Bonchev–Trinajstić information content (AvgIpc) is 3.35. The lowest BCUT2D eigenvalue weighted by Gasteiger charge is -2.12. The number of thioether (sulfide) groups is 1. The number of halogens is 1. The zero-order valence-corrected chi connectivity index (χ0v) is 20.5. The van der Waals surface area contributed by atoms with E-state index in [1.807, 2.05) is 49.5 Å². The van der Waals surface area contributed by atoms with E-state index in [0.29, 0.717) is 37.9 Å². The topological polar surface area (TPSA) is 84.7 Å². The van der Waals surface area contributed by atoms with E-state index >= 15 is 0 Å². The third-order valence-electron chi connectivity index (χ3n) is 4.98. The molecule has 1 aliphatic rings. The Bertz CT molecular complexity index is 1290. The van der Waals surface area contributed by atoms with Crippen molar-refractivity contribution in [3.05, 3.63) is 70.2 Å². The first-order chi connectivity index (χ1) is 16.4. The number of aliphatic carboxylic acids is 1. The van der Waals surface area contributed by atoms with Crippen LogP contribution < -0.4 is 4.74 Å². The second-order valence-corrected chi connectivity index (χ2v) is 9.35. The number of carboxylic acids is 1. The van der Waals surface area contributed by atoms with Gasteiger partial charge in [0.15, 0.2) is 0 Å². The average molecular weight is 514 g/mol. The fraction of sp³-hybridized carbons (Fsp3) is 0.167.